The van der Waals surface area contributed by atoms with Crippen molar-refractivity contribution in [3.05, 3.63) is 12.7 Å². The van der Waals surface area contributed by atoms with E-state index in [-0.39, 0.29) is 11.9 Å². The number of carboxylic acids is 1. The van der Waals surface area contributed by atoms with Gasteiger partial charge in [-0.15, -0.1) is 6.58 Å². The first-order chi connectivity index (χ1) is 8.96. The highest BCUT2D eigenvalue weighted by Gasteiger charge is 2.42. The number of hydrogen-bond donors (Lipinski definition) is 2. The normalized spacial score (nSPS) is 25.6. The summed E-state index contributed by atoms with van der Waals surface area (Å²) in [5.74, 6) is -0.824. The highest BCUT2D eigenvalue weighted by atomic mass is 16.4. The molecule has 108 valence electrons. The summed E-state index contributed by atoms with van der Waals surface area (Å²) in [4.78, 5) is 25.4. The summed E-state index contributed by atoms with van der Waals surface area (Å²) in [5.41, 5.74) is -0.703. The minimum Gasteiger partial charge on any atom is -0.481 e. The second kappa shape index (κ2) is 6.70. The highest BCUT2D eigenvalue weighted by molar-refractivity contribution is 5.81. The third kappa shape index (κ3) is 3.56. The van der Waals surface area contributed by atoms with Crippen molar-refractivity contribution < 1.29 is 14.7 Å². The first kappa shape index (κ1) is 15.7. The zero-order chi connectivity index (χ0) is 14.5. The number of carbonyl (C=O) groups is 2. The van der Waals surface area contributed by atoms with E-state index in [1.165, 1.54) is 0 Å². The van der Waals surface area contributed by atoms with Crippen molar-refractivity contribution in [1.82, 2.24) is 10.2 Å². The minimum absolute atomic E-state index is 0.0720. The smallest absolute Gasteiger partial charge is 0.310 e. The molecule has 0 saturated carbocycles. The molecular weight excluding hydrogens is 244 g/mol. The zero-order valence-corrected chi connectivity index (χ0v) is 11.8. The van der Waals surface area contributed by atoms with Gasteiger partial charge in [0.25, 0.3) is 0 Å². The Hall–Kier alpha value is -1.36. The third-order valence-corrected chi connectivity index (χ3v) is 4.08. The van der Waals surface area contributed by atoms with Gasteiger partial charge >= 0.3 is 5.97 Å². The Morgan fingerprint density at radius 1 is 1.58 bits per heavy atom. The molecule has 1 aliphatic rings. The van der Waals surface area contributed by atoms with Gasteiger partial charge in [-0.2, -0.15) is 0 Å². The molecule has 1 saturated heterocycles. The Labute approximate surface area is 114 Å². The predicted octanol–water partition coefficient (Wildman–Crippen LogP) is 1.25. The lowest BCUT2D eigenvalue weighted by atomic mass is 9.77. The second-order valence-corrected chi connectivity index (χ2v) is 5.22. The quantitative estimate of drug-likeness (QED) is 0.711. The lowest BCUT2D eigenvalue weighted by Gasteiger charge is -2.41. The van der Waals surface area contributed by atoms with Crippen molar-refractivity contribution in [3.8, 4) is 0 Å². The van der Waals surface area contributed by atoms with E-state index >= 15 is 0 Å². The number of nitrogens with one attached hydrogen (secondary N) is 1. The van der Waals surface area contributed by atoms with Crippen LogP contribution >= 0.6 is 0 Å². The molecule has 0 radical (unpaired) electrons. The van der Waals surface area contributed by atoms with Gasteiger partial charge in [-0.25, -0.2) is 0 Å². The lowest BCUT2D eigenvalue weighted by molar-refractivity contribution is -0.154. The molecule has 0 aromatic carbocycles. The Morgan fingerprint density at radius 2 is 2.26 bits per heavy atom. The molecule has 1 aliphatic heterocycles. The molecule has 2 unspecified atom stereocenters. The summed E-state index contributed by atoms with van der Waals surface area (Å²) in [7, 11) is 0. The summed E-state index contributed by atoms with van der Waals surface area (Å²) in [6.45, 7) is 8.95. The van der Waals surface area contributed by atoms with E-state index in [0.29, 0.717) is 25.9 Å². The topological polar surface area (TPSA) is 69.6 Å². The van der Waals surface area contributed by atoms with Gasteiger partial charge in [-0.3, -0.25) is 14.5 Å². The fourth-order valence-corrected chi connectivity index (χ4v) is 2.60. The van der Waals surface area contributed by atoms with E-state index in [1.54, 1.807) is 6.08 Å². The Balaban J connectivity index is 2.70. The number of carboxylic acid groups (broad SMARTS) is 1. The Bertz CT molecular complexity index is 357. The molecule has 0 bridgehead atoms. The molecule has 1 rings (SSSR count). The van der Waals surface area contributed by atoms with Crippen LogP contribution in [-0.2, 0) is 9.59 Å². The third-order valence-electron chi connectivity index (χ3n) is 4.08. The zero-order valence-electron chi connectivity index (χ0n) is 11.8. The van der Waals surface area contributed by atoms with Crippen molar-refractivity contribution in [1.29, 1.82) is 0 Å². The first-order valence-corrected chi connectivity index (χ1v) is 6.83. The fourth-order valence-electron chi connectivity index (χ4n) is 2.60. The van der Waals surface area contributed by atoms with Crippen LogP contribution < -0.4 is 5.32 Å². The van der Waals surface area contributed by atoms with Crippen LogP contribution in [0.1, 0.15) is 33.1 Å². The molecular formula is C14H24N2O3. The number of likely N-dealkylation sites (tertiary alicyclic amines) is 1. The largest absolute Gasteiger partial charge is 0.481 e. The molecule has 2 atom stereocenters. The molecule has 1 amide bonds. The van der Waals surface area contributed by atoms with Gasteiger partial charge < -0.3 is 10.4 Å². The summed E-state index contributed by atoms with van der Waals surface area (Å²) >= 11 is 0. The summed E-state index contributed by atoms with van der Waals surface area (Å²) in [6, 6.07) is -0.300. The molecule has 1 heterocycles. The Kier molecular flexibility index (Phi) is 5.54. The van der Waals surface area contributed by atoms with Crippen LogP contribution in [0.4, 0.5) is 0 Å². The average Bonchev–Trinajstić information content (AvgIpc) is 2.43. The molecule has 2 N–H and O–H groups in total. The van der Waals surface area contributed by atoms with Crippen molar-refractivity contribution in [2.45, 2.75) is 39.2 Å². The number of hydrogen-bond acceptors (Lipinski definition) is 3. The molecule has 5 heteroatoms. The summed E-state index contributed by atoms with van der Waals surface area (Å²) < 4.78 is 0. The summed E-state index contributed by atoms with van der Waals surface area (Å²) in [6.07, 6.45) is 3.74. The monoisotopic (exact) mass is 268 g/mol. The summed E-state index contributed by atoms with van der Waals surface area (Å²) in [5, 5.41) is 12.2. The van der Waals surface area contributed by atoms with Crippen LogP contribution in [0.25, 0.3) is 0 Å². The van der Waals surface area contributed by atoms with Crippen LogP contribution in [-0.4, -0.2) is 47.6 Å². The van der Waals surface area contributed by atoms with E-state index in [4.69, 9.17) is 0 Å². The van der Waals surface area contributed by atoms with Crippen molar-refractivity contribution in [3.63, 3.8) is 0 Å². The predicted molar refractivity (Wildman–Crippen MR) is 73.8 cm³/mol. The maximum atomic E-state index is 11.9. The number of amides is 1. The number of carbonyl (C=O) groups excluding carboxylic acids is 1. The molecule has 5 nitrogen and oxygen atoms in total. The SMILES string of the molecule is C=CCNC(=O)C(C)N1CCCC(CC)(C(=O)O)C1. The van der Waals surface area contributed by atoms with E-state index in [1.807, 2.05) is 18.7 Å². The van der Waals surface area contributed by atoms with Crippen LogP contribution in [0.15, 0.2) is 12.7 Å². The van der Waals surface area contributed by atoms with Crippen molar-refractivity contribution in [2.75, 3.05) is 19.6 Å². The molecule has 0 aromatic heterocycles. The number of piperidine rings is 1. The van der Waals surface area contributed by atoms with E-state index in [9.17, 15) is 14.7 Å². The fraction of sp³-hybridized carbons (Fsp3) is 0.714. The van der Waals surface area contributed by atoms with Gasteiger partial charge in [0.05, 0.1) is 11.5 Å². The van der Waals surface area contributed by atoms with E-state index in [2.05, 4.69) is 11.9 Å². The average molecular weight is 268 g/mol. The van der Waals surface area contributed by atoms with Crippen LogP contribution in [0.5, 0.6) is 0 Å². The van der Waals surface area contributed by atoms with Crippen LogP contribution in [0.2, 0.25) is 0 Å². The van der Waals surface area contributed by atoms with E-state index < -0.39 is 11.4 Å². The van der Waals surface area contributed by atoms with Gasteiger partial charge in [-0.05, 0) is 32.7 Å². The molecule has 0 spiro atoms. The van der Waals surface area contributed by atoms with E-state index in [0.717, 1.165) is 13.0 Å². The number of aliphatic carboxylic acids is 1. The molecule has 0 aromatic rings. The molecule has 0 aliphatic carbocycles. The maximum absolute atomic E-state index is 11.9. The second-order valence-electron chi connectivity index (χ2n) is 5.22. The van der Waals surface area contributed by atoms with Crippen LogP contribution in [0.3, 0.4) is 0 Å². The van der Waals surface area contributed by atoms with Gasteiger partial charge in [0.15, 0.2) is 0 Å². The number of rotatable bonds is 6. The minimum atomic E-state index is -0.751. The standard InChI is InChI=1S/C14H24N2O3/c1-4-8-15-12(17)11(3)16-9-6-7-14(5-2,10-16)13(18)19/h4,11H,1,5-10H2,2-3H3,(H,15,17)(H,18,19). The maximum Gasteiger partial charge on any atom is 0.310 e. The Morgan fingerprint density at radius 3 is 2.79 bits per heavy atom. The molecule has 19 heavy (non-hydrogen) atoms. The van der Waals surface area contributed by atoms with Gasteiger partial charge in [0, 0.05) is 13.1 Å². The lowest BCUT2D eigenvalue weighted by Crippen LogP contribution is -2.54. The van der Waals surface area contributed by atoms with Gasteiger partial charge in [-0.1, -0.05) is 13.0 Å². The number of nitrogens with zero attached hydrogens (tertiary/aromatic N) is 1. The first-order valence-electron chi connectivity index (χ1n) is 6.83. The van der Waals surface area contributed by atoms with Gasteiger partial charge in [0.1, 0.15) is 0 Å². The molecule has 1 fully saturated rings. The van der Waals surface area contributed by atoms with Gasteiger partial charge in [0.2, 0.25) is 5.91 Å². The van der Waals surface area contributed by atoms with Crippen LogP contribution in [0, 0.1) is 5.41 Å². The highest BCUT2D eigenvalue weighted by Crippen LogP contribution is 2.34. The van der Waals surface area contributed by atoms with Crippen molar-refractivity contribution >= 4 is 11.9 Å². The van der Waals surface area contributed by atoms with Crippen molar-refractivity contribution in [2.24, 2.45) is 5.41 Å².